The second-order valence-electron chi connectivity index (χ2n) is 7.63. The van der Waals surface area contributed by atoms with Gasteiger partial charge in [-0.15, -0.1) is 0 Å². The summed E-state index contributed by atoms with van der Waals surface area (Å²) in [5.41, 5.74) is 3.83. The first kappa shape index (κ1) is 16.4. The molecule has 2 aliphatic carbocycles. The Balaban J connectivity index is 1.53. The normalized spacial score (nSPS) is 28.1. The predicted octanol–water partition coefficient (Wildman–Crippen LogP) is 3.37. The Labute approximate surface area is 148 Å². The van der Waals surface area contributed by atoms with Crippen molar-refractivity contribution in [1.29, 1.82) is 0 Å². The van der Waals surface area contributed by atoms with Crippen LogP contribution in [0.1, 0.15) is 56.1 Å². The lowest BCUT2D eigenvalue weighted by Crippen LogP contribution is -2.33. The lowest BCUT2D eigenvalue weighted by Gasteiger charge is -2.21. The number of nitrogens with one attached hydrogen (secondary N) is 1. The Bertz CT molecular complexity index is 688. The average molecular weight is 342 g/mol. The van der Waals surface area contributed by atoms with Crippen molar-refractivity contribution in [2.24, 2.45) is 5.92 Å². The number of amides is 2. The first-order valence-electron chi connectivity index (χ1n) is 9.47. The number of ether oxygens (including phenoxy) is 1. The molecule has 3 atom stereocenters. The van der Waals surface area contributed by atoms with Crippen LogP contribution < -0.4 is 10.2 Å². The predicted molar refractivity (Wildman–Crippen MR) is 95.8 cm³/mol. The third-order valence-corrected chi connectivity index (χ3v) is 5.97. The van der Waals surface area contributed by atoms with Gasteiger partial charge in [-0.1, -0.05) is 12.5 Å². The van der Waals surface area contributed by atoms with E-state index in [9.17, 15) is 9.59 Å². The number of fused-ring (bicyclic) bond motifs is 3. The average Bonchev–Trinajstić information content (AvgIpc) is 3.15. The molecule has 0 bridgehead atoms. The number of cyclic esters (lactones) is 1. The molecule has 3 aliphatic rings. The van der Waals surface area contributed by atoms with Crippen molar-refractivity contribution in [2.75, 3.05) is 18.0 Å². The van der Waals surface area contributed by atoms with Crippen LogP contribution in [-0.2, 0) is 16.0 Å². The zero-order chi connectivity index (χ0) is 17.4. The van der Waals surface area contributed by atoms with Crippen molar-refractivity contribution in [3.05, 3.63) is 29.3 Å². The first-order chi connectivity index (χ1) is 12.1. The van der Waals surface area contributed by atoms with Gasteiger partial charge in [0.05, 0.1) is 13.1 Å². The zero-order valence-corrected chi connectivity index (χ0v) is 14.8. The molecule has 2 amide bonds. The number of carbonyl (C=O) groups excluding carboxylic acids is 2. The summed E-state index contributed by atoms with van der Waals surface area (Å²) >= 11 is 0. The Morgan fingerprint density at radius 3 is 2.96 bits per heavy atom. The molecule has 1 aromatic carbocycles. The maximum atomic E-state index is 12.2. The third-order valence-electron chi connectivity index (χ3n) is 5.97. The van der Waals surface area contributed by atoms with Crippen LogP contribution in [0.2, 0.25) is 0 Å². The molecule has 2 fully saturated rings. The molecule has 0 aromatic heterocycles. The third kappa shape index (κ3) is 3.24. The van der Waals surface area contributed by atoms with Crippen LogP contribution in [0.25, 0.3) is 0 Å². The Morgan fingerprint density at radius 2 is 2.12 bits per heavy atom. The minimum atomic E-state index is -0.317. The summed E-state index contributed by atoms with van der Waals surface area (Å²) in [6.45, 7) is 2.33. The van der Waals surface area contributed by atoms with E-state index in [0.29, 0.717) is 19.0 Å². The van der Waals surface area contributed by atoms with Gasteiger partial charge in [-0.25, -0.2) is 4.79 Å². The van der Waals surface area contributed by atoms with Crippen molar-refractivity contribution < 1.29 is 14.3 Å². The molecule has 2 unspecified atom stereocenters. The van der Waals surface area contributed by atoms with Crippen LogP contribution in [0.15, 0.2) is 18.2 Å². The van der Waals surface area contributed by atoms with Gasteiger partial charge in [0.2, 0.25) is 5.91 Å². The van der Waals surface area contributed by atoms with Crippen molar-refractivity contribution in [2.45, 2.75) is 57.5 Å². The summed E-state index contributed by atoms with van der Waals surface area (Å²) in [7, 11) is 0. The molecule has 1 aromatic rings. The van der Waals surface area contributed by atoms with Crippen molar-refractivity contribution >= 4 is 17.7 Å². The molecule has 1 aliphatic heterocycles. The maximum absolute atomic E-state index is 12.2. The summed E-state index contributed by atoms with van der Waals surface area (Å²) in [6.07, 6.45) is 7.11. The van der Waals surface area contributed by atoms with Gasteiger partial charge < -0.3 is 10.1 Å². The topological polar surface area (TPSA) is 58.6 Å². The van der Waals surface area contributed by atoms with E-state index in [2.05, 4.69) is 23.5 Å². The molecule has 1 heterocycles. The van der Waals surface area contributed by atoms with Crippen molar-refractivity contribution in [3.63, 3.8) is 0 Å². The lowest BCUT2D eigenvalue weighted by atomic mass is 9.87. The lowest BCUT2D eigenvalue weighted by molar-refractivity contribution is -0.119. The monoisotopic (exact) mass is 342 g/mol. The van der Waals surface area contributed by atoms with Gasteiger partial charge in [-0.3, -0.25) is 9.69 Å². The Morgan fingerprint density at radius 1 is 1.28 bits per heavy atom. The summed E-state index contributed by atoms with van der Waals surface area (Å²) in [5, 5.41) is 2.72. The second-order valence-corrected chi connectivity index (χ2v) is 7.63. The summed E-state index contributed by atoms with van der Waals surface area (Å²) in [6, 6.07) is 6.51. The Hall–Kier alpha value is -2.04. The van der Waals surface area contributed by atoms with E-state index in [-0.39, 0.29) is 18.1 Å². The minimum Gasteiger partial charge on any atom is -0.442 e. The highest BCUT2D eigenvalue weighted by atomic mass is 16.6. The molecule has 1 saturated carbocycles. The van der Waals surface area contributed by atoms with E-state index in [1.54, 1.807) is 4.90 Å². The molecule has 0 radical (unpaired) electrons. The molecular formula is C20H26N2O3. The van der Waals surface area contributed by atoms with Gasteiger partial charge >= 0.3 is 6.09 Å². The number of hydrogen-bond acceptors (Lipinski definition) is 3. The SMILES string of the molecule is CC(=O)NC[C@H]1CN(c2ccc3c(c2)CCCC2CCCC32)C(=O)O1. The highest BCUT2D eigenvalue weighted by Gasteiger charge is 2.35. The number of aryl methyl sites for hydroxylation is 1. The largest absolute Gasteiger partial charge is 0.442 e. The van der Waals surface area contributed by atoms with Crippen LogP contribution in [-0.4, -0.2) is 31.2 Å². The number of anilines is 1. The number of benzene rings is 1. The standard InChI is InChI=1S/C20H26N2O3/c1-13(23)21-11-17-12-22(20(24)25-17)16-8-9-19-15(10-16)6-2-4-14-5-3-7-18(14)19/h8-10,14,17-18H,2-7,11-12H2,1H3,(H,21,23)/t14?,17-,18?/m0/s1. The van der Waals surface area contributed by atoms with Crippen LogP contribution in [0, 0.1) is 5.92 Å². The van der Waals surface area contributed by atoms with E-state index in [0.717, 1.165) is 18.0 Å². The molecular weight excluding hydrogens is 316 g/mol. The quantitative estimate of drug-likeness (QED) is 0.916. The smallest absolute Gasteiger partial charge is 0.414 e. The Kier molecular flexibility index (Phi) is 4.40. The van der Waals surface area contributed by atoms with E-state index >= 15 is 0 Å². The maximum Gasteiger partial charge on any atom is 0.414 e. The van der Waals surface area contributed by atoms with Gasteiger partial charge in [-0.2, -0.15) is 0 Å². The van der Waals surface area contributed by atoms with Crippen LogP contribution in [0.4, 0.5) is 10.5 Å². The number of hydrogen-bond donors (Lipinski definition) is 1. The molecule has 0 spiro atoms. The van der Waals surface area contributed by atoms with Gasteiger partial charge in [0.25, 0.3) is 0 Å². The number of carbonyl (C=O) groups is 2. The fourth-order valence-corrected chi connectivity index (χ4v) is 4.78. The molecule has 1 saturated heterocycles. The number of rotatable bonds is 3. The molecule has 4 rings (SSSR count). The van der Waals surface area contributed by atoms with Crippen LogP contribution in [0.5, 0.6) is 0 Å². The molecule has 1 N–H and O–H groups in total. The zero-order valence-electron chi connectivity index (χ0n) is 14.8. The molecule has 5 heteroatoms. The second kappa shape index (κ2) is 6.70. The molecule has 25 heavy (non-hydrogen) atoms. The molecule has 5 nitrogen and oxygen atoms in total. The van der Waals surface area contributed by atoms with Gasteiger partial charge in [0.1, 0.15) is 6.10 Å². The van der Waals surface area contributed by atoms with Crippen LogP contribution >= 0.6 is 0 Å². The van der Waals surface area contributed by atoms with E-state index < -0.39 is 0 Å². The highest BCUT2D eigenvalue weighted by Crippen LogP contribution is 2.46. The van der Waals surface area contributed by atoms with E-state index in [4.69, 9.17) is 4.74 Å². The van der Waals surface area contributed by atoms with E-state index in [1.165, 1.54) is 50.2 Å². The highest BCUT2D eigenvalue weighted by molar-refractivity contribution is 5.90. The first-order valence-corrected chi connectivity index (χ1v) is 9.47. The fraction of sp³-hybridized carbons (Fsp3) is 0.600. The minimum absolute atomic E-state index is 0.106. The summed E-state index contributed by atoms with van der Waals surface area (Å²) < 4.78 is 5.39. The summed E-state index contributed by atoms with van der Waals surface area (Å²) in [5.74, 6) is 1.46. The summed E-state index contributed by atoms with van der Waals surface area (Å²) in [4.78, 5) is 25.0. The number of nitrogens with zero attached hydrogens (tertiary/aromatic N) is 1. The van der Waals surface area contributed by atoms with Gasteiger partial charge in [-0.05, 0) is 67.2 Å². The molecule has 134 valence electrons. The van der Waals surface area contributed by atoms with Crippen molar-refractivity contribution in [1.82, 2.24) is 5.32 Å². The van der Waals surface area contributed by atoms with E-state index in [1.807, 2.05) is 0 Å². The van der Waals surface area contributed by atoms with Crippen LogP contribution in [0.3, 0.4) is 0 Å². The van der Waals surface area contributed by atoms with Gasteiger partial charge in [0.15, 0.2) is 0 Å². The van der Waals surface area contributed by atoms with Crippen molar-refractivity contribution in [3.8, 4) is 0 Å². The van der Waals surface area contributed by atoms with Gasteiger partial charge in [0, 0.05) is 12.6 Å². The fourth-order valence-electron chi connectivity index (χ4n) is 4.78.